The Bertz CT molecular complexity index is 1500. The minimum absolute atomic E-state index is 0.0342. The van der Waals surface area contributed by atoms with Gasteiger partial charge in [0.15, 0.2) is 5.65 Å². The van der Waals surface area contributed by atoms with E-state index in [-0.39, 0.29) is 92.2 Å². The number of ether oxygens (including phenoxy) is 1. The van der Waals surface area contributed by atoms with Gasteiger partial charge in [-0.2, -0.15) is 5.10 Å². The van der Waals surface area contributed by atoms with Crippen molar-refractivity contribution in [2.24, 2.45) is 17.8 Å². The summed E-state index contributed by atoms with van der Waals surface area (Å²) in [4.78, 5) is 30.8. The fraction of sp³-hybridized carbons (Fsp3) is 0.633. The first kappa shape index (κ1) is 30.3. The van der Waals surface area contributed by atoms with Gasteiger partial charge in [0.25, 0.3) is 11.8 Å². The number of carbonyl (C=O) groups excluding carboxylic acids is 2. The van der Waals surface area contributed by atoms with Gasteiger partial charge in [-0.05, 0) is 74.1 Å². The fourth-order valence-electron chi connectivity index (χ4n) is 6.29. The van der Waals surface area contributed by atoms with Crippen LogP contribution in [0.1, 0.15) is 105 Å². The van der Waals surface area contributed by atoms with Crippen LogP contribution in [0.15, 0.2) is 29.2 Å². The Morgan fingerprint density at radius 2 is 1.75 bits per heavy atom. The maximum absolute atomic E-state index is 14.1. The Balaban J connectivity index is 1.23. The Hall–Kier alpha value is -3.71. The summed E-state index contributed by atoms with van der Waals surface area (Å²) >= 11 is 0. The first-order valence-corrected chi connectivity index (χ1v) is 15.2. The van der Waals surface area contributed by atoms with E-state index in [1.165, 1.54) is 6.26 Å². The van der Waals surface area contributed by atoms with E-state index in [1.54, 1.807) is 36.8 Å². The highest BCUT2D eigenvalue weighted by Crippen LogP contribution is 2.45. The second-order valence-corrected chi connectivity index (χ2v) is 12.8. The van der Waals surface area contributed by atoms with Crippen LogP contribution in [0, 0.1) is 17.8 Å². The average Bonchev–Trinajstić information content (AvgIpc) is 3.52. The lowest BCUT2D eigenvalue weighted by molar-refractivity contribution is -0.134. The molecule has 1 unspecified atom stereocenters. The summed E-state index contributed by atoms with van der Waals surface area (Å²) in [6, 6.07) is 0.773. The lowest BCUT2D eigenvalue weighted by atomic mass is 9.79. The smallest absolute Gasteiger partial charge is 0.267 e. The third-order valence-corrected chi connectivity index (χ3v) is 8.74. The number of hydrogen-bond donors (Lipinski definition) is 2. The van der Waals surface area contributed by atoms with Gasteiger partial charge < -0.3 is 19.9 Å². The van der Waals surface area contributed by atoms with Crippen LogP contribution in [-0.4, -0.2) is 49.5 Å². The van der Waals surface area contributed by atoms with Crippen molar-refractivity contribution in [2.75, 3.05) is 0 Å². The fourth-order valence-corrected chi connectivity index (χ4v) is 6.29. The monoisotopic (exact) mass is 620 g/mol. The van der Waals surface area contributed by atoms with Gasteiger partial charge in [0.05, 0.1) is 36.3 Å². The molecule has 2 atom stereocenters. The van der Waals surface area contributed by atoms with Crippen LogP contribution in [0.3, 0.4) is 0 Å². The van der Waals surface area contributed by atoms with E-state index in [9.17, 15) is 27.2 Å². The molecule has 3 aromatic rings. The number of aromatic nitrogens is 4. The second kappa shape index (κ2) is 11.7. The van der Waals surface area contributed by atoms with Gasteiger partial charge in [-0.25, -0.2) is 27.1 Å². The van der Waals surface area contributed by atoms with Crippen molar-refractivity contribution in [3.63, 3.8) is 0 Å². The number of alkyl halides is 4. The first-order chi connectivity index (χ1) is 20.9. The Morgan fingerprint density at radius 1 is 1.05 bits per heavy atom. The van der Waals surface area contributed by atoms with E-state index in [0.29, 0.717) is 11.3 Å². The van der Waals surface area contributed by atoms with Crippen LogP contribution in [0.5, 0.6) is 5.88 Å². The summed E-state index contributed by atoms with van der Waals surface area (Å²) in [5.74, 6) is -6.62. The Labute approximate surface area is 251 Å². The topological polar surface area (TPSA) is 124 Å². The molecular formula is C30H36F4N6O4. The van der Waals surface area contributed by atoms with Crippen molar-refractivity contribution in [3.05, 3.63) is 41.5 Å². The highest BCUT2D eigenvalue weighted by molar-refractivity contribution is 5.96. The molecule has 3 saturated carbocycles. The second-order valence-electron chi connectivity index (χ2n) is 12.8. The highest BCUT2D eigenvalue weighted by Gasteiger charge is 2.46. The molecule has 3 aromatic heterocycles. The highest BCUT2D eigenvalue weighted by atomic mass is 19.3. The molecule has 2 N–H and O–H groups in total. The lowest BCUT2D eigenvalue weighted by Crippen LogP contribution is -2.39. The maximum Gasteiger partial charge on any atom is 0.267 e. The van der Waals surface area contributed by atoms with Gasteiger partial charge in [0.2, 0.25) is 17.8 Å². The standard InChI is InChI=1S/C30H36F4N6O4/c1-16(2)44-28-21(15-43-39-28)27(42)38-26(19-5-7-29(31,32)8-6-19)22-14-40-23(36-22)10-20(13-35-40)25(18-3-4-18)37-24(41)9-17-11-30(33,34)12-17/h10,13-19,25-26H,3-9,11-12H2,1-2H3,(H,37,41)(H,38,42)/t25?,26-/m0/s1. The molecule has 0 bridgehead atoms. The van der Waals surface area contributed by atoms with Crippen molar-refractivity contribution in [2.45, 2.75) is 102 Å². The van der Waals surface area contributed by atoms with E-state index < -0.39 is 23.8 Å². The van der Waals surface area contributed by atoms with Crippen LogP contribution < -0.4 is 15.4 Å². The number of carbonyl (C=O) groups is 2. The number of nitrogens with one attached hydrogen (secondary N) is 2. The third kappa shape index (κ3) is 6.83. The molecule has 238 valence electrons. The largest absolute Gasteiger partial charge is 0.472 e. The van der Waals surface area contributed by atoms with Crippen molar-refractivity contribution in [1.29, 1.82) is 0 Å². The van der Waals surface area contributed by atoms with E-state index in [1.807, 2.05) is 0 Å². The predicted molar refractivity (Wildman–Crippen MR) is 148 cm³/mol. The van der Waals surface area contributed by atoms with Gasteiger partial charge in [-0.1, -0.05) is 0 Å². The number of rotatable bonds is 11. The molecule has 0 saturated heterocycles. The molecule has 0 radical (unpaired) electrons. The van der Waals surface area contributed by atoms with Gasteiger partial charge in [0.1, 0.15) is 11.8 Å². The Morgan fingerprint density at radius 3 is 2.41 bits per heavy atom. The van der Waals surface area contributed by atoms with Crippen LogP contribution >= 0.6 is 0 Å². The number of imidazole rings is 1. The summed E-state index contributed by atoms with van der Waals surface area (Å²) in [7, 11) is 0. The van der Waals surface area contributed by atoms with E-state index in [0.717, 1.165) is 18.4 Å². The summed E-state index contributed by atoms with van der Waals surface area (Å²) < 4.78 is 66.7. The molecule has 44 heavy (non-hydrogen) atoms. The minimum Gasteiger partial charge on any atom is -0.472 e. The molecule has 0 spiro atoms. The molecule has 3 heterocycles. The number of fused-ring (bicyclic) bond motifs is 1. The molecule has 10 nitrogen and oxygen atoms in total. The molecule has 3 aliphatic carbocycles. The molecule has 6 rings (SSSR count). The molecule has 14 heteroatoms. The van der Waals surface area contributed by atoms with E-state index in [2.05, 4.69) is 20.9 Å². The molecule has 0 aliphatic heterocycles. The first-order valence-electron chi connectivity index (χ1n) is 15.2. The van der Waals surface area contributed by atoms with Crippen molar-refractivity contribution in [1.82, 2.24) is 30.4 Å². The summed E-state index contributed by atoms with van der Waals surface area (Å²) in [5.41, 5.74) is 1.74. The van der Waals surface area contributed by atoms with Gasteiger partial charge >= 0.3 is 0 Å². The number of amides is 2. The van der Waals surface area contributed by atoms with Gasteiger partial charge in [-0.3, -0.25) is 9.59 Å². The zero-order chi connectivity index (χ0) is 31.2. The Kier molecular flexibility index (Phi) is 8.03. The van der Waals surface area contributed by atoms with Crippen LogP contribution in [-0.2, 0) is 4.79 Å². The summed E-state index contributed by atoms with van der Waals surface area (Å²) in [5, 5.41) is 14.2. The van der Waals surface area contributed by atoms with Crippen molar-refractivity contribution in [3.8, 4) is 5.88 Å². The summed E-state index contributed by atoms with van der Waals surface area (Å²) in [6.07, 6.45) is 5.37. The number of hydrogen-bond acceptors (Lipinski definition) is 7. The van der Waals surface area contributed by atoms with Gasteiger partial charge in [-0.15, -0.1) is 0 Å². The molecule has 2 amide bonds. The zero-order valence-corrected chi connectivity index (χ0v) is 24.6. The van der Waals surface area contributed by atoms with Crippen molar-refractivity contribution >= 4 is 17.5 Å². The summed E-state index contributed by atoms with van der Waals surface area (Å²) in [6.45, 7) is 3.57. The van der Waals surface area contributed by atoms with E-state index in [4.69, 9.17) is 14.2 Å². The molecular weight excluding hydrogens is 584 g/mol. The van der Waals surface area contributed by atoms with Crippen LogP contribution in [0.2, 0.25) is 0 Å². The zero-order valence-electron chi connectivity index (χ0n) is 24.6. The third-order valence-electron chi connectivity index (χ3n) is 8.74. The van der Waals surface area contributed by atoms with E-state index >= 15 is 0 Å². The minimum atomic E-state index is -2.76. The maximum atomic E-state index is 14.1. The normalized spacial score (nSPS) is 21.5. The molecule has 3 aliphatic rings. The predicted octanol–water partition coefficient (Wildman–Crippen LogP) is 5.80. The quantitative estimate of drug-likeness (QED) is 0.260. The number of halogens is 4. The van der Waals surface area contributed by atoms with Crippen LogP contribution in [0.25, 0.3) is 5.65 Å². The van der Waals surface area contributed by atoms with Crippen molar-refractivity contribution < 1.29 is 36.4 Å². The average molecular weight is 621 g/mol. The number of nitrogens with zero attached hydrogens (tertiary/aromatic N) is 4. The van der Waals surface area contributed by atoms with Crippen LogP contribution in [0.4, 0.5) is 17.6 Å². The molecule has 0 aromatic carbocycles. The lowest BCUT2D eigenvalue weighted by Gasteiger charge is -2.34. The molecule has 3 fully saturated rings. The van der Waals surface area contributed by atoms with Gasteiger partial charge in [0, 0.05) is 32.1 Å². The SMILES string of the molecule is CC(C)Oc1nocc1C(=O)N[C@H](c1cn2ncc(C(NC(=O)CC3CC(F)(F)C3)C3CC3)cc2n1)C1CCC(F)(F)CC1.